The molecule has 0 aliphatic carbocycles. The first-order valence-electron chi connectivity index (χ1n) is 7.57. The SMILES string of the molecule is CN(CCN(C)C(=O)C(C)(C)C(=O)O)C(=O)OCc1ccccc1. The Balaban J connectivity index is 2.44. The molecule has 7 nitrogen and oxygen atoms in total. The highest BCUT2D eigenvalue weighted by Gasteiger charge is 2.38. The molecule has 0 saturated heterocycles. The van der Waals surface area contributed by atoms with Gasteiger partial charge < -0.3 is 19.6 Å². The fourth-order valence-corrected chi connectivity index (χ4v) is 1.89. The minimum Gasteiger partial charge on any atom is -0.480 e. The van der Waals surface area contributed by atoms with Gasteiger partial charge in [0.15, 0.2) is 0 Å². The molecule has 1 aromatic rings. The second-order valence-corrected chi connectivity index (χ2v) is 6.12. The summed E-state index contributed by atoms with van der Waals surface area (Å²) in [5.74, 6) is -1.70. The van der Waals surface area contributed by atoms with E-state index in [-0.39, 0.29) is 19.7 Å². The maximum atomic E-state index is 12.1. The highest BCUT2D eigenvalue weighted by atomic mass is 16.6. The number of benzene rings is 1. The van der Waals surface area contributed by atoms with E-state index in [1.54, 1.807) is 7.05 Å². The number of nitrogens with zero attached hydrogens (tertiary/aromatic N) is 2. The van der Waals surface area contributed by atoms with Crippen LogP contribution in [0.4, 0.5) is 4.79 Å². The molecule has 1 rings (SSSR count). The molecule has 0 fully saturated rings. The van der Waals surface area contributed by atoms with Crippen LogP contribution < -0.4 is 0 Å². The first-order chi connectivity index (χ1) is 11.2. The van der Waals surface area contributed by atoms with Crippen LogP contribution in [0.2, 0.25) is 0 Å². The Bertz CT molecular complexity index is 586. The smallest absolute Gasteiger partial charge is 0.409 e. The molecule has 0 aromatic heterocycles. The van der Waals surface area contributed by atoms with Gasteiger partial charge in [-0.2, -0.15) is 0 Å². The van der Waals surface area contributed by atoms with E-state index in [2.05, 4.69) is 0 Å². The number of carbonyl (C=O) groups is 3. The zero-order chi connectivity index (χ0) is 18.3. The maximum Gasteiger partial charge on any atom is 0.409 e. The average Bonchev–Trinajstić information content (AvgIpc) is 2.57. The van der Waals surface area contributed by atoms with Crippen LogP contribution in [0.5, 0.6) is 0 Å². The highest BCUT2D eigenvalue weighted by molar-refractivity contribution is 6.00. The van der Waals surface area contributed by atoms with E-state index in [4.69, 9.17) is 9.84 Å². The summed E-state index contributed by atoms with van der Waals surface area (Å²) in [6.07, 6.45) is -0.503. The number of hydrogen-bond donors (Lipinski definition) is 1. The molecule has 0 aliphatic rings. The van der Waals surface area contributed by atoms with E-state index in [0.717, 1.165) is 5.56 Å². The predicted octanol–water partition coefficient (Wildman–Crippen LogP) is 1.82. The Morgan fingerprint density at radius 2 is 1.58 bits per heavy atom. The standard InChI is InChI=1S/C17H24N2O5/c1-17(2,15(21)22)14(20)18(3)10-11-19(4)16(23)24-12-13-8-6-5-7-9-13/h5-9H,10-12H2,1-4H3,(H,21,22). The fourth-order valence-electron chi connectivity index (χ4n) is 1.89. The van der Waals surface area contributed by atoms with Crippen molar-refractivity contribution in [1.29, 1.82) is 0 Å². The molecule has 7 heteroatoms. The van der Waals surface area contributed by atoms with E-state index in [1.165, 1.54) is 30.7 Å². The van der Waals surface area contributed by atoms with Crippen LogP contribution >= 0.6 is 0 Å². The third-order valence-electron chi connectivity index (χ3n) is 3.70. The van der Waals surface area contributed by atoms with E-state index < -0.39 is 23.4 Å². The summed E-state index contributed by atoms with van der Waals surface area (Å²) in [6, 6.07) is 9.31. The van der Waals surface area contributed by atoms with Crippen LogP contribution in [0.25, 0.3) is 0 Å². The van der Waals surface area contributed by atoms with Crippen molar-refractivity contribution >= 4 is 18.0 Å². The number of ether oxygens (including phenoxy) is 1. The zero-order valence-corrected chi connectivity index (χ0v) is 14.5. The summed E-state index contributed by atoms with van der Waals surface area (Å²) in [5.41, 5.74) is -0.615. The monoisotopic (exact) mass is 336 g/mol. The number of carboxylic acid groups (broad SMARTS) is 1. The summed E-state index contributed by atoms with van der Waals surface area (Å²) in [7, 11) is 3.07. The number of rotatable bonds is 7. The largest absolute Gasteiger partial charge is 0.480 e. The van der Waals surface area contributed by atoms with Gasteiger partial charge >= 0.3 is 12.1 Å². The van der Waals surface area contributed by atoms with E-state index >= 15 is 0 Å². The van der Waals surface area contributed by atoms with Crippen molar-refractivity contribution < 1.29 is 24.2 Å². The van der Waals surface area contributed by atoms with Gasteiger partial charge in [-0.05, 0) is 19.4 Å². The van der Waals surface area contributed by atoms with Crippen molar-refractivity contribution in [2.45, 2.75) is 20.5 Å². The van der Waals surface area contributed by atoms with E-state index in [0.29, 0.717) is 0 Å². The molecule has 0 aliphatic heterocycles. The molecular formula is C17H24N2O5. The van der Waals surface area contributed by atoms with Gasteiger partial charge in [0.2, 0.25) is 5.91 Å². The number of likely N-dealkylation sites (N-methyl/N-ethyl adjacent to an activating group) is 2. The molecule has 132 valence electrons. The molecular weight excluding hydrogens is 312 g/mol. The van der Waals surface area contributed by atoms with Gasteiger partial charge in [-0.3, -0.25) is 9.59 Å². The lowest BCUT2D eigenvalue weighted by Gasteiger charge is -2.27. The molecule has 0 heterocycles. The Labute approximate surface area is 141 Å². The van der Waals surface area contributed by atoms with Gasteiger partial charge in [0.05, 0.1) is 0 Å². The van der Waals surface area contributed by atoms with Gasteiger partial charge in [-0.1, -0.05) is 30.3 Å². The van der Waals surface area contributed by atoms with Crippen molar-refractivity contribution in [3.63, 3.8) is 0 Å². The third-order valence-corrected chi connectivity index (χ3v) is 3.70. The molecule has 0 bridgehead atoms. The number of aliphatic carboxylic acids is 1. The minimum atomic E-state index is -1.50. The van der Waals surface area contributed by atoms with Crippen molar-refractivity contribution in [3.8, 4) is 0 Å². The van der Waals surface area contributed by atoms with Crippen molar-refractivity contribution in [2.24, 2.45) is 5.41 Å². The third kappa shape index (κ3) is 5.26. The van der Waals surface area contributed by atoms with Crippen LogP contribution in [0.3, 0.4) is 0 Å². The Morgan fingerprint density at radius 3 is 2.12 bits per heavy atom. The van der Waals surface area contributed by atoms with Gasteiger partial charge in [-0.15, -0.1) is 0 Å². The van der Waals surface area contributed by atoms with Crippen LogP contribution in [-0.2, 0) is 20.9 Å². The summed E-state index contributed by atoms with van der Waals surface area (Å²) < 4.78 is 5.18. The summed E-state index contributed by atoms with van der Waals surface area (Å²) in [5, 5.41) is 9.07. The first kappa shape index (κ1) is 19.5. The molecule has 0 unspecified atom stereocenters. The van der Waals surface area contributed by atoms with Crippen LogP contribution in [0.1, 0.15) is 19.4 Å². The molecule has 1 N–H and O–H groups in total. The molecule has 24 heavy (non-hydrogen) atoms. The van der Waals surface area contributed by atoms with Gasteiger partial charge in [0, 0.05) is 27.2 Å². The van der Waals surface area contributed by atoms with Crippen molar-refractivity contribution in [1.82, 2.24) is 9.80 Å². The first-order valence-corrected chi connectivity index (χ1v) is 7.57. The molecule has 0 saturated carbocycles. The maximum absolute atomic E-state index is 12.1. The lowest BCUT2D eigenvalue weighted by molar-refractivity contribution is -0.157. The number of amides is 2. The van der Waals surface area contributed by atoms with Crippen LogP contribution in [0, 0.1) is 5.41 Å². The minimum absolute atomic E-state index is 0.171. The number of carbonyl (C=O) groups excluding carboxylic acids is 2. The van der Waals surface area contributed by atoms with E-state index in [9.17, 15) is 14.4 Å². The van der Waals surface area contributed by atoms with Crippen molar-refractivity contribution in [3.05, 3.63) is 35.9 Å². The van der Waals surface area contributed by atoms with Crippen LogP contribution in [0.15, 0.2) is 30.3 Å². The molecule has 2 amide bonds. The summed E-state index contributed by atoms with van der Waals surface area (Å²) in [6.45, 7) is 3.33. The molecule has 1 aromatic carbocycles. The fraction of sp³-hybridized carbons (Fsp3) is 0.471. The topological polar surface area (TPSA) is 87.2 Å². The zero-order valence-electron chi connectivity index (χ0n) is 14.5. The summed E-state index contributed by atoms with van der Waals surface area (Å²) in [4.78, 5) is 37.8. The Morgan fingerprint density at radius 1 is 1.04 bits per heavy atom. The lowest BCUT2D eigenvalue weighted by Crippen LogP contribution is -2.46. The normalized spacial score (nSPS) is 10.8. The lowest BCUT2D eigenvalue weighted by atomic mass is 9.92. The molecule has 0 atom stereocenters. The Kier molecular flexibility index (Phi) is 6.76. The second-order valence-electron chi connectivity index (χ2n) is 6.12. The average molecular weight is 336 g/mol. The molecule has 0 spiro atoms. The highest BCUT2D eigenvalue weighted by Crippen LogP contribution is 2.18. The van der Waals surface area contributed by atoms with Gasteiger partial charge in [-0.25, -0.2) is 4.79 Å². The quantitative estimate of drug-likeness (QED) is 0.768. The van der Waals surface area contributed by atoms with Gasteiger partial charge in [0.1, 0.15) is 12.0 Å². The molecule has 0 radical (unpaired) electrons. The summed E-state index contributed by atoms with van der Waals surface area (Å²) >= 11 is 0. The number of carboxylic acids is 1. The van der Waals surface area contributed by atoms with Crippen LogP contribution in [-0.4, -0.2) is 60.1 Å². The predicted molar refractivity (Wildman–Crippen MR) is 88.3 cm³/mol. The van der Waals surface area contributed by atoms with E-state index in [1.807, 2.05) is 30.3 Å². The number of hydrogen-bond acceptors (Lipinski definition) is 4. The Hall–Kier alpha value is -2.57. The van der Waals surface area contributed by atoms with Crippen molar-refractivity contribution in [2.75, 3.05) is 27.2 Å². The second kappa shape index (κ2) is 8.33. The van der Waals surface area contributed by atoms with Gasteiger partial charge in [0.25, 0.3) is 0 Å².